The summed E-state index contributed by atoms with van der Waals surface area (Å²) in [5.41, 5.74) is 0.932. The Balaban J connectivity index is 3.02. The molecule has 0 amide bonds. The van der Waals surface area contributed by atoms with Crippen molar-refractivity contribution in [2.75, 3.05) is 7.11 Å². The van der Waals surface area contributed by atoms with Crippen LogP contribution < -0.4 is 4.74 Å². The summed E-state index contributed by atoms with van der Waals surface area (Å²) in [6, 6.07) is 5.03. The zero-order valence-electron chi connectivity index (χ0n) is 6.17. The van der Waals surface area contributed by atoms with E-state index in [-0.39, 0.29) is 5.75 Å². The van der Waals surface area contributed by atoms with Crippen molar-refractivity contribution in [3.8, 4) is 11.5 Å². The average Bonchev–Trinajstić information content (AvgIpc) is 2.05. The molecule has 11 heavy (non-hydrogen) atoms. The minimum absolute atomic E-state index is 0.140. The van der Waals surface area contributed by atoms with Crippen molar-refractivity contribution in [3.05, 3.63) is 23.8 Å². The maximum Gasteiger partial charge on any atom is 0.160 e. The van der Waals surface area contributed by atoms with Crippen molar-refractivity contribution in [2.45, 2.75) is 5.88 Å². The number of alkyl halides is 1. The van der Waals surface area contributed by atoms with Crippen molar-refractivity contribution in [1.29, 1.82) is 0 Å². The zero-order valence-corrected chi connectivity index (χ0v) is 6.93. The molecule has 0 bridgehead atoms. The van der Waals surface area contributed by atoms with Crippen LogP contribution in [0.25, 0.3) is 0 Å². The molecule has 0 atom stereocenters. The second kappa shape index (κ2) is 3.49. The molecule has 2 nitrogen and oxygen atoms in total. The summed E-state index contributed by atoms with van der Waals surface area (Å²) in [7, 11) is 1.51. The number of aromatic hydroxyl groups is 1. The number of phenols is 1. The zero-order chi connectivity index (χ0) is 8.27. The predicted octanol–water partition coefficient (Wildman–Crippen LogP) is 2.14. The second-order valence-electron chi connectivity index (χ2n) is 2.14. The van der Waals surface area contributed by atoms with Gasteiger partial charge in [-0.15, -0.1) is 11.6 Å². The summed E-state index contributed by atoms with van der Waals surface area (Å²) in [5.74, 6) is 1.03. The highest BCUT2D eigenvalue weighted by molar-refractivity contribution is 6.17. The highest BCUT2D eigenvalue weighted by Crippen LogP contribution is 2.26. The van der Waals surface area contributed by atoms with Gasteiger partial charge in [-0.1, -0.05) is 6.07 Å². The van der Waals surface area contributed by atoms with Gasteiger partial charge < -0.3 is 9.84 Å². The summed E-state index contributed by atoms with van der Waals surface area (Å²) in [4.78, 5) is 0. The van der Waals surface area contributed by atoms with Gasteiger partial charge in [0.1, 0.15) is 0 Å². The van der Waals surface area contributed by atoms with E-state index in [1.54, 1.807) is 18.2 Å². The number of benzene rings is 1. The van der Waals surface area contributed by atoms with E-state index in [1.807, 2.05) is 0 Å². The number of hydrogen-bond acceptors (Lipinski definition) is 2. The Morgan fingerprint density at radius 2 is 2.27 bits per heavy atom. The molecule has 0 unspecified atom stereocenters. The fourth-order valence-electron chi connectivity index (χ4n) is 0.805. The number of rotatable bonds is 2. The molecule has 0 saturated carbocycles. The van der Waals surface area contributed by atoms with E-state index in [1.165, 1.54) is 7.11 Å². The summed E-state index contributed by atoms with van der Waals surface area (Å²) < 4.78 is 4.88. The lowest BCUT2D eigenvalue weighted by Gasteiger charge is -2.03. The van der Waals surface area contributed by atoms with Crippen LogP contribution in [0.1, 0.15) is 5.56 Å². The first-order chi connectivity index (χ1) is 5.27. The number of hydrogen-bond donors (Lipinski definition) is 1. The monoisotopic (exact) mass is 172 g/mol. The van der Waals surface area contributed by atoms with Crippen molar-refractivity contribution in [1.82, 2.24) is 0 Å². The standard InChI is InChI=1S/C8H9ClO2/c1-11-8-4-6(5-9)2-3-7(8)10/h2-4,10H,5H2,1H3. The number of phenolic OH excluding ortho intramolecular Hbond substituents is 1. The highest BCUT2D eigenvalue weighted by Gasteiger charge is 2.00. The van der Waals surface area contributed by atoms with Gasteiger partial charge in [-0.2, -0.15) is 0 Å². The van der Waals surface area contributed by atoms with Crippen LogP contribution in [-0.2, 0) is 5.88 Å². The van der Waals surface area contributed by atoms with Crippen LogP contribution in [0.4, 0.5) is 0 Å². The van der Waals surface area contributed by atoms with Crippen LogP contribution >= 0.6 is 11.6 Å². The molecule has 0 heterocycles. The second-order valence-corrected chi connectivity index (χ2v) is 2.41. The summed E-state index contributed by atoms with van der Waals surface area (Å²) in [6.45, 7) is 0. The number of ether oxygens (including phenoxy) is 1. The largest absolute Gasteiger partial charge is 0.504 e. The number of methoxy groups -OCH3 is 1. The molecular weight excluding hydrogens is 164 g/mol. The molecule has 0 aliphatic carbocycles. The maximum atomic E-state index is 9.16. The van der Waals surface area contributed by atoms with Crippen LogP contribution in [0.5, 0.6) is 11.5 Å². The molecule has 60 valence electrons. The molecule has 0 radical (unpaired) electrons. The summed E-state index contributed by atoms with van der Waals surface area (Å²) in [6.07, 6.45) is 0. The predicted molar refractivity (Wildman–Crippen MR) is 44.2 cm³/mol. The Labute approximate surface area is 70.4 Å². The Morgan fingerprint density at radius 3 is 2.82 bits per heavy atom. The molecule has 0 saturated heterocycles. The summed E-state index contributed by atoms with van der Waals surface area (Å²) >= 11 is 5.57. The van der Waals surface area contributed by atoms with E-state index in [9.17, 15) is 0 Å². The van der Waals surface area contributed by atoms with Crippen LogP contribution in [-0.4, -0.2) is 12.2 Å². The fraction of sp³-hybridized carbons (Fsp3) is 0.250. The molecule has 0 spiro atoms. The fourth-order valence-corrected chi connectivity index (χ4v) is 0.971. The molecule has 1 aromatic rings. The third-order valence-electron chi connectivity index (χ3n) is 1.40. The molecule has 0 aromatic heterocycles. The molecule has 0 aliphatic rings. The van der Waals surface area contributed by atoms with Crippen molar-refractivity contribution < 1.29 is 9.84 Å². The summed E-state index contributed by atoms with van der Waals surface area (Å²) in [5, 5.41) is 9.16. The van der Waals surface area contributed by atoms with Gasteiger partial charge in [0.05, 0.1) is 7.11 Å². The maximum absolute atomic E-state index is 9.16. The van der Waals surface area contributed by atoms with Gasteiger partial charge in [-0.05, 0) is 17.7 Å². The van der Waals surface area contributed by atoms with E-state index < -0.39 is 0 Å². The first-order valence-electron chi connectivity index (χ1n) is 3.19. The van der Waals surface area contributed by atoms with Crippen LogP contribution in [0.2, 0.25) is 0 Å². The normalized spacial score (nSPS) is 9.64. The third-order valence-corrected chi connectivity index (χ3v) is 1.71. The average molecular weight is 173 g/mol. The lowest BCUT2D eigenvalue weighted by molar-refractivity contribution is 0.373. The quantitative estimate of drug-likeness (QED) is 0.693. The molecule has 3 heteroatoms. The molecular formula is C8H9ClO2. The SMILES string of the molecule is COc1cc(CCl)ccc1O. The molecule has 1 N–H and O–H groups in total. The molecule has 0 fully saturated rings. The molecule has 0 aliphatic heterocycles. The Kier molecular flexibility index (Phi) is 2.60. The minimum Gasteiger partial charge on any atom is -0.504 e. The van der Waals surface area contributed by atoms with Crippen molar-refractivity contribution >= 4 is 11.6 Å². The van der Waals surface area contributed by atoms with Crippen molar-refractivity contribution in [2.24, 2.45) is 0 Å². The van der Waals surface area contributed by atoms with Gasteiger partial charge in [0.15, 0.2) is 11.5 Å². The van der Waals surface area contributed by atoms with E-state index in [4.69, 9.17) is 21.4 Å². The minimum atomic E-state index is 0.140. The number of halogens is 1. The van der Waals surface area contributed by atoms with E-state index in [2.05, 4.69) is 0 Å². The van der Waals surface area contributed by atoms with E-state index in [0.717, 1.165) is 5.56 Å². The van der Waals surface area contributed by atoms with Crippen molar-refractivity contribution in [3.63, 3.8) is 0 Å². The Hall–Kier alpha value is -0.890. The van der Waals surface area contributed by atoms with Gasteiger partial charge in [0.25, 0.3) is 0 Å². The van der Waals surface area contributed by atoms with Gasteiger partial charge >= 0.3 is 0 Å². The lowest BCUT2D eigenvalue weighted by atomic mass is 10.2. The van der Waals surface area contributed by atoms with Crippen LogP contribution in [0.15, 0.2) is 18.2 Å². The first kappa shape index (κ1) is 8.21. The lowest BCUT2D eigenvalue weighted by Crippen LogP contribution is -1.85. The van der Waals surface area contributed by atoms with E-state index >= 15 is 0 Å². The highest BCUT2D eigenvalue weighted by atomic mass is 35.5. The first-order valence-corrected chi connectivity index (χ1v) is 3.73. The van der Waals surface area contributed by atoms with Crippen LogP contribution in [0, 0.1) is 0 Å². The smallest absolute Gasteiger partial charge is 0.160 e. The molecule has 1 rings (SSSR count). The van der Waals surface area contributed by atoms with Gasteiger partial charge in [0, 0.05) is 5.88 Å². The van der Waals surface area contributed by atoms with Gasteiger partial charge in [0.2, 0.25) is 0 Å². The molecule has 1 aromatic carbocycles. The van der Waals surface area contributed by atoms with Gasteiger partial charge in [-0.25, -0.2) is 0 Å². The Bertz CT molecular complexity index is 248. The van der Waals surface area contributed by atoms with Crippen LogP contribution in [0.3, 0.4) is 0 Å². The topological polar surface area (TPSA) is 29.5 Å². The van der Waals surface area contributed by atoms with Gasteiger partial charge in [-0.3, -0.25) is 0 Å². The third kappa shape index (κ3) is 1.77. The van der Waals surface area contributed by atoms with E-state index in [0.29, 0.717) is 11.6 Å². The Morgan fingerprint density at radius 1 is 1.55 bits per heavy atom.